The van der Waals surface area contributed by atoms with Crippen molar-refractivity contribution in [2.45, 2.75) is 37.4 Å². The second-order valence-corrected chi connectivity index (χ2v) is 7.61. The average Bonchev–Trinajstić information content (AvgIpc) is 3.27. The molecule has 0 aliphatic carbocycles. The highest BCUT2D eigenvalue weighted by molar-refractivity contribution is 7.25. The van der Waals surface area contributed by atoms with Gasteiger partial charge in [0, 0.05) is 39.8 Å². The van der Waals surface area contributed by atoms with E-state index in [9.17, 15) is 4.79 Å². The van der Waals surface area contributed by atoms with Gasteiger partial charge in [0.05, 0.1) is 4.70 Å². The van der Waals surface area contributed by atoms with Gasteiger partial charge in [0.1, 0.15) is 5.69 Å². The zero-order valence-corrected chi connectivity index (χ0v) is 13.4. The van der Waals surface area contributed by atoms with Crippen LogP contribution in [0.1, 0.15) is 29.8 Å². The molecule has 2 bridgehead atoms. The molecule has 0 saturated carbocycles. The SMILES string of the molecule is O=C(N[C@@H]1CC2CCC1N2)c1cc2c(cn1)sc1ccccc12. The number of nitrogens with one attached hydrogen (secondary N) is 2. The molecule has 4 nitrogen and oxygen atoms in total. The van der Waals surface area contributed by atoms with E-state index in [-0.39, 0.29) is 11.9 Å². The summed E-state index contributed by atoms with van der Waals surface area (Å²) in [6.45, 7) is 0. The Kier molecular flexibility index (Phi) is 2.93. The van der Waals surface area contributed by atoms with E-state index < -0.39 is 0 Å². The number of nitrogens with zero attached hydrogens (tertiary/aromatic N) is 1. The predicted molar refractivity (Wildman–Crippen MR) is 92.9 cm³/mol. The van der Waals surface area contributed by atoms with Crippen molar-refractivity contribution in [3.05, 3.63) is 42.2 Å². The van der Waals surface area contributed by atoms with Crippen molar-refractivity contribution in [3.63, 3.8) is 0 Å². The Labute approximate surface area is 137 Å². The summed E-state index contributed by atoms with van der Waals surface area (Å²) in [4.78, 5) is 17.0. The molecule has 4 heterocycles. The first-order valence-corrected chi connectivity index (χ1v) is 8.94. The quantitative estimate of drug-likeness (QED) is 0.762. The van der Waals surface area contributed by atoms with E-state index in [1.54, 1.807) is 11.3 Å². The molecule has 23 heavy (non-hydrogen) atoms. The van der Waals surface area contributed by atoms with Crippen LogP contribution in [0.4, 0.5) is 0 Å². The minimum absolute atomic E-state index is 0.0541. The molecule has 116 valence electrons. The summed E-state index contributed by atoms with van der Waals surface area (Å²) >= 11 is 1.72. The summed E-state index contributed by atoms with van der Waals surface area (Å²) in [5, 5.41) is 9.04. The summed E-state index contributed by atoms with van der Waals surface area (Å²) in [7, 11) is 0. The molecule has 5 heteroatoms. The van der Waals surface area contributed by atoms with Gasteiger partial charge in [-0.05, 0) is 31.4 Å². The van der Waals surface area contributed by atoms with Crippen LogP contribution in [0.15, 0.2) is 36.5 Å². The van der Waals surface area contributed by atoms with Gasteiger partial charge >= 0.3 is 0 Å². The third kappa shape index (κ3) is 2.15. The molecule has 2 saturated heterocycles. The maximum absolute atomic E-state index is 12.6. The fourth-order valence-electron chi connectivity index (χ4n) is 3.98. The summed E-state index contributed by atoms with van der Waals surface area (Å²) in [6.07, 6.45) is 5.27. The Bertz CT molecular complexity index is 919. The largest absolute Gasteiger partial charge is 0.346 e. The Morgan fingerprint density at radius 2 is 2.13 bits per heavy atom. The highest BCUT2D eigenvalue weighted by Gasteiger charge is 2.39. The first-order chi connectivity index (χ1) is 11.3. The fraction of sp³-hybridized carbons (Fsp3) is 0.333. The number of pyridine rings is 1. The van der Waals surface area contributed by atoms with Crippen molar-refractivity contribution in [3.8, 4) is 0 Å². The van der Waals surface area contributed by atoms with Gasteiger partial charge in [0.25, 0.3) is 5.91 Å². The number of thiophene rings is 1. The summed E-state index contributed by atoms with van der Waals surface area (Å²) < 4.78 is 2.36. The van der Waals surface area contributed by atoms with Crippen molar-refractivity contribution in [1.29, 1.82) is 0 Å². The molecule has 2 fully saturated rings. The molecule has 2 aliphatic heterocycles. The topological polar surface area (TPSA) is 54.0 Å². The number of aromatic nitrogens is 1. The van der Waals surface area contributed by atoms with Gasteiger partial charge in [0.2, 0.25) is 0 Å². The number of benzene rings is 1. The zero-order chi connectivity index (χ0) is 15.4. The second kappa shape index (κ2) is 5.01. The third-order valence-electron chi connectivity index (χ3n) is 5.11. The van der Waals surface area contributed by atoms with E-state index >= 15 is 0 Å². The van der Waals surface area contributed by atoms with Gasteiger partial charge in [-0.2, -0.15) is 0 Å². The van der Waals surface area contributed by atoms with E-state index in [0.29, 0.717) is 17.8 Å². The molecule has 0 radical (unpaired) electrons. The number of carbonyl (C=O) groups excluding carboxylic acids is 1. The lowest BCUT2D eigenvalue weighted by Gasteiger charge is -2.21. The monoisotopic (exact) mass is 323 g/mol. The maximum atomic E-state index is 12.6. The summed E-state index contributed by atoms with van der Waals surface area (Å²) in [5.74, 6) is -0.0541. The van der Waals surface area contributed by atoms with Gasteiger partial charge in [0.15, 0.2) is 0 Å². The Hall–Kier alpha value is -1.98. The second-order valence-electron chi connectivity index (χ2n) is 6.53. The van der Waals surface area contributed by atoms with Crippen molar-refractivity contribution in [2.75, 3.05) is 0 Å². The van der Waals surface area contributed by atoms with Crippen LogP contribution in [0.5, 0.6) is 0 Å². The minimum atomic E-state index is -0.0541. The standard InChI is InChI=1S/C18H17N3OS/c22-18(21-14-7-10-5-6-13(14)20-10)15-8-12-11-3-1-2-4-16(11)23-17(12)9-19-15/h1-4,8-10,13-14,20H,5-7H2,(H,21,22)/t10?,13?,14-/m1/s1. The molecule has 2 aliphatic rings. The molecule has 5 rings (SSSR count). The van der Waals surface area contributed by atoms with Crippen LogP contribution in [0.3, 0.4) is 0 Å². The number of carbonyl (C=O) groups is 1. The lowest BCUT2D eigenvalue weighted by atomic mass is 9.95. The van der Waals surface area contributed by atoms with Crippen LogP contribution < -0.4 is 10.6 Å². The summed E-state index contributed by atoms with van der Waals surface area (Å²) in [5.41, 5.74) is 0.517. The first-order valence-electron chi connectivity index (χ1n) is 8.12. The van der Waals surface area contributed by atoms with Gasteiger partial charge in [-0.3, -0.25) is 4.79 Å². The predicted octanol–water partition coefficient (Wildman–Crippen LogP) is 3.07. The van der Waals surface area contributed by atoms with Crippen LogP contribution in [0, 0.1) is 0 Å². The van der Waals surface area contributed by atoms with Crippen LogP contribution in [-0.2, 0) is 0 Å². The molecule has 0 spiro atoms. The highest BCUT2D eigenvalue weighted by atomic mass is 32.1. The van der Waals surface area contributed by atoms with Gasteiger partial charge in [-0.1, -0.05) is 18.2 Å². The molecule has 2 unspecified atom stereocenters. The lowest BCUT2D eigenvalue weighted by molar-refractivity contribution is 0.0926. The number of fused-ring (bicyclic) bond motifs is 5. The Morgan fingerprint density at radius 1 is 1.22 bits per heavy atom. The fourth-order valence-corrected chi connectivity index (χ4v) is 5.04. The van der Waals surface area contributed by atoms with Crippen LogP contribution >= 0.6 is 11.3 Å². The molecule has 2 N–H and O–H groups in total. The summed E-state index contributed by atoms with van der Waals surface area (Å²) in [6, 6.07) is 11.5. The lowest BCUT2D eigenvalue weighted by Crippen LogP contribution is -2.43. The molecule has 3 atom stereocenters. The van der Waals surface area contributed by atoms with Crippen molar-refractivity contribution in [2.24, 2.45) is 0 Å². The van der Waals surface area contributed by atoms with Crippen molar-refractivity contribution in [1.82, 2.24) is 15.6 Å². The van der Waals surface area contributed by atoms with Crippen molar-refractivity contribution >= 4 is 37.4 Å². The van der Waals surface area contributed by atoms with E-state index in [0.717, 1.165) is 22.9 Å². The van der Waals surface area contributed by atoms with Crippen LogP contribution in [-0.4, -0.2) is 29.0 Å². The molecular formula is C18H17N3OS. The molecule has 1 amide bonds. The van der Waals surface area contributed by atoms with Gasteiger partial charge < -0.3 is 10.6 Å². The molecular weight excluding hydrogens is 306 g/mol. The Balaban J connectivity index is 1.47. The van der Waals surface area contributed by atoms with E-state index in [1.165, 1.54) is 16.5 Å². The van der Waals surface area contributed by atoms with Crippen molar-refractivity contribution < 1.29 is 4.79 Å². The third-order valence-corrected chi connectivity index (χ3v) is 6.23. The van der Waals surface area contributed by atoms with E-state index in [1.807, 2.05) is 24.4 Å². The first kappa shape index (κ1) is 13.5. The zero-order valence-electron chi connectivity index (χ0n) is 12.6. The molecule has 1 aromatic carbocycles. The number of hydrogen-bond donors (Lipinski definition) is 2. The Morgan fingerprint density at radius 3 is 2.96 bits per heavy atom. The average molecular weight is 323 g/mol. The van der Waals surface area contributed by atoms with E-state index in [2.05, 4.69) is 27.8 Å². The minimum Gasteiger partial charge on any atom is -0.346 e. The highest BCUT2D eigenvalue weighted by Crippen LogP contribution is 2.33. The maximum Gasteiger partial charge on any atom is 0.270 e. The van der Waals surface area contributed by atoms with Crippen LogP contribution in [0.2, 0.25) is 0 Å². The number of amides is 1. The normalized spacial score (nSPS) is 26.2. The molecule has 3 aromatic rings. The van der Waals surface area contributed by atoms with E-state index in [4.69, 9.17) is 0 Å². The van der Waals surface area contributed by atoms with Crippen LogP contribution in [0.25, 0.3) is 20.2 Å². The molecule has 2 aromatic heterocycles. The van der Waals surface area contributed by atoms with Gasteiger partial charge in [-0.25, -0.2) is 4.98 Å². The van der Waals surface area contributed by atoms with Gasteiger partial charge in [-0.15, -0.1) is 11.3 Å². The number of rotatable bonds is 2. The number of hydrogen-bond acceptors (Lipinski definition) is 4. The smallest absolute Gasteiger partial charge is 0.270 e.